The molecule has 2 amide bonds. The van der Waals surface area contributed by atoms with Crippen LogP contribution in [0, 0.1) is 5.82 Å². The van der Waals surface area contributed by atoms with Gasteiger partial charge in [0, 0.05) is 18.5 Å². The normalized spacial score (nSPS) is 10.4. The molecule has 0 aliphatic carbocycles. The summed E-state index contributed by atoms with van der Waals surface area (Å²) in [6.07, 6.45) is 1.83. The lowest BCUT2D eigenvalue weighted by molar-refractivity contribution is -0.120. The highest BCUT2D eigenvalue weighted by Gasteiger charge is 2.17. The molecule has 0 aliphatic heterocycles. The van der Waals surface area contributed by atoms with Gasteiger partial charge in [0.2, 0.25) is 0 Å². The molecule has 0 atom stereocenters. The lowest BCUT2D eigenvalue weighted by Crippen LogP contribution is -2.38. The Morgan fingerprint density at radius 3 is 2.47 bits per heavy atom. The van der Waals surface area contributed by atoms with Crippen molar-refractivity contribution in [3.05, 3.63) is 78.6 Å². The molecule has 166 valence electrons. The molecule has 0 aliphatic rings. The van der Waals surface area contributed by atoms with Crippen LogP contribution in [0.4, 0.5) is 14.9 Å². The van der Waals surface area contributed by atoms with Crippen LogP contribution in [0.15, 0.2) is 77.7 Å². The van der Waals surface area contributed by atoms with Crippen LogP contribution in [0.3, 0.4) is 0 Å². The molecule has 0 saturated carbocycles. The quantitative estimate of drug-likeness (QED) is 0.242. The van der Waals surface area contributed by atoms with Crippen molar-refractivity contribution in [2.75, 3.05) is 24.2 Å². The molecule has 1 N–H and O–H groups in total. The van der Waals surface area contributed by atoms with Crippen LogP contribution in [-0.4, -0.2) is 31.8 Å². The molecule has 0 bridgehead atoms. The Hall–Kier alpha value is -3.32. The second-order valence-electron chi connectivity index (χ2n) is 7.06. The monoisotopic (exact) mass is 452 g/mol. The Kier molecular flexibility index (Phi) is 8.69. The number of rotatable bonds is 10. The highest BCUT2D eigenvalue weighted by molar-refractivity contribution is 7.99. The van der Waals surface area contributed by atoms with Crippen molar-refractivity contribution in [3.8, 4) is 16.9 Å². The third-order valence-electron chi connectivity index (χ3n) is 4.84. The molecule has 0 spiro atoms. The summed E-state index contributed by atoms with van der Waals surface area (Å²) in [6, 6.07) is 21.1. The van der Waals surface area contributed by atoms with E-state index < -0.39 is 0 Å². The second kappa shape index (κ2) is 11.9. The number of carbonyl (C=O) groups excluding carboxylic acids is 2. The van der Waals surface area contributed by atoms with Crippen molar-refractivity contribution in [2.45, 2.75) is 17.7 Å². The summed E-state index contributed by atoms with van der Waals surface area (Å²) >= 11 is 1.79. The number of thioether (sulfide) groups is 1. The number of carbonyl (C=O) groups is 2. The van der Waals surface area contributed by atoms with Gasteiger partial charge >= 0.3 is 6.03 Å². The number of unbranched alkanes of at least 4 members (excludes halogenated alkanes) is 1. The Balaban J connectivity index is 1.57. The van der Waals surface area contributed by atoms with Gasteiger partial charge in [-0.05, 0) is 66.1 Å². The zero-order valence-corrected chi connectivity index (χ0v) is 18.6. The van der Waals surface area contributed by atoms with Crippen molar-refractivity contribution in [2.24, 2.45) is 0 Å². The largest absolute Gasteiger partial charge is 0.427 e. The Morgan fingerprint density at radius 1 is 1.03 bits per heavy atom. The number of nitrogens with zero attached hydrogens (tertiary/aromatic N) is 1. The molecule has 32 heavy (non-hydrogen) atoms. The highest BCUT2D eigenvalue weighted by Crippen LogP contribution is 2.33. The number of urea groups is 1. The molecular formula is C25H25FN2O3S. The van der Waals surface area contributed by atoms with E-state index in [4.69, 9.17) is 4.74 Å². The fraction of sp³-hybridized carbons (Fsp3) is 0.200. The molecular weight excluding hydrogens is 427 g/mol. The lowest BCUT2D eigenvalue weighted by atomic mass is 10.0. The van der Waals surface area contributed by atoms with Crippen molar-refractivity contribution in [1.82, 2.24) is 5.32 Å². The molecule has 3 aromatic rings. The van der Waals surface area contributed by atoms with Crippen molar-refractivity contribution in [1.29, 1.82) is 0 Å². The standard InChI is InChI=1S/C25H25FN2O3S/c1-28(25(30)27-15-5-6-16-32-22-7-3-2-4-8-22)23-17-20(11-14-24(23)31-18-29)19-9-12-21(26)13-10-19/h2-4,7-14,17-18H,5-6,15-16H2,1H3,(H,27,30). The first-order valence-corrected chi connectivity index (χ1v) is 11.3. The minimum absolute atomic E-state index is 0.266. The van der Waals surface area contributed by atoms with E-state index in [1.54, 1.807) is 49.1 Å². The van der Waals surface area contributed by atoms with Crippen LogP contribution in [-0.2, 0) is 4.79 Å². The number of hydrogen-bond acceptors (Lipinski definition) is 4. The molecule has 0 radical (unpaired) electrons. The summed E-state index contributed by atoms with van der Waals surface area (Å²) in [4.78, 5) is 26.2. The predicted octanol–water partition coefficient (Wildman–Crippen LogP) is 5.75. The number of nitrogens with one attached hydrogen (secondary N) is 1. The van der Waals surface area contributed by atoms with E-state index in [1.165, 1.54) is 21.9 Å². The second-order valence-corrected chi connectivity index (χ2v) is 8.23. The molecule has 3 aromatic carbocycles. The maximum Gasteiger partial charge on any atom is 0.321 e. The molecule has 0 saturated heterocycles. The summed E-state index contributed by atoms with van der Waals surface area (Å²) in [5.41, 5.74) is 2.00. The first-order chi connectivity index (χ1) is 15.6. The van der Waals surface area contributed by atoms with Crippen LogP contribution in [0.1, 0.15) is 12.8 Å². The Labute approximate surface area is 191 Å². The van der Waals surface area contributed by atoms with E-state index in [1.807, 2.05) is 18.2 Å². The Bertz CT molecular complexity index is 1030. The average molecular weight is 453 g/mol. The van der Waals surface area contributed by atoms with Gasteiger partial charge in [-0.25, -0.2) is 9.18 Å². The SMILES string of the molecule is CN(C(=O)NCCCCSc1ccccc1)c1cc(-c2ccc(F)cc2)ccc1OC=O. The maximum atomic E-state index is 13.2. The van der Waals surface area contributed by atoms with Crippen LogP contribution in [0.25, 0.3) is 11.1 Å². The number of amides is 2. The van der Waals surface area contributed by atoms with Gasteiger partial charge in [-0.1, -0.05) is 36.4 Å². The maximum absolute atomic E-state index is 13.2. The van der Waals surface area contributed by atoms with Crippen LogP contribution in [0.5, 0.6) is 5.75 Å². The minimum Gasteiger partial charge on any atom is -0.427 e. The third-order valence-corrected chi connectivity index (χ3v) is 5.94. The number of ether oxygens (including phenoxy) is 1. The van der Waals surface area contributed by atoms with Gasteiger partial charge in [0.1, 0.15) is 5.82 Å². The van der Waals surface area contributed by atoms with Gasteiger partial charge in [-0.3, -0.25) is 9.69 Å². The summed E-state index contributed by atoms with van der Waals surface area (Å²) in [6.45, 7) is 0.868. The van der Waals surface area contributed by atoms with Crippen molar-refractivity contribution in [3.63, 3.8) is 0 Å². The molecule has 7 heteroatoms. The fourth-order valence-corrected chi connectivity index (χ4v) is 4.04. The molecule has 0 aromatic heterocycles. The lowest BCUT2D eigenvalue weighted by Gasteiger charge is -2.21. The number of benzene rings is 3. The molecule has 3 rings (SSSR count). The van der Waals surface area contributed by atoms with E-state index in [-0.39, 0.29) is 17.6 Å². The molecule has 0 fully saturated rings. The van der Waals surface area contributed by atoms with Crippen LogP contribution < -0.4 is 15.0 Å². The van der Waals surface area contributed by atoms with E-state index in [9.17, 15) is 14.0 Å². The summed E-state index contributed by atoms with van der Waals surface area (Å²) in [7, 11) is 1.61. The topological polar surface area (TPSA) is 58.6 Å². The predicted molar refractivity (Wildman–Crippen MR) is 127 cm³/mol. The van der Waals surface area contributed by atoms with Gasteiger partial charge < -0.3 is 10.1 Å². The van der Waals surface area contributed by atoms with Crippen molar-refractivity contribution < 1.29 is 18.7 Å². The number of hydrogen-bond donors (Lipinski definition) is 1. The van der Waals surface area contributed by atoms with Gasteiger partial charge in [0.05, 0.1) is 5.69 Å². The third kappa shape index (κ3) is 6.59. The van der Waals surface area contributed by atoms with Gasteiger partial charge in [-0.2, -0.15) is 0 Å². The summed E-state index contributed by atoms with van der Waals surface area (Å²) < 4.78 is 18.3. The van der Waals surface area contributed by atoms with Gasteiger partial charge in [0.25, 0.3) is 6.47 Å². The van der Waals surface area contributed by atoms with Gasteiger partial charge in [0.15, 0.2) is 5.75 Å². The number of anilines is 1. The fourth-order valence-electron chi connectivity index (χ4n) is 3.11. The average Bonchev–Trinajstić information content (AvgIpc) is 2.82. The zero-order valence-electron chi connectivity index (χ0n) is 17.8. The van der Waals surface area contributed by atoms with E-state index in [2.05, 4.69) is 17.4 Å². The van der Waals surface area contributed by atoms with E-state index in [0.29, 0.717) is 18.7 Å². The van der Waals surface area contributed by atoms with E-state index >= 15 is 0 Å². The highest BCUT2D eigenvalue weighted by atomic mass is 32.2. The summed E-state index contributed by atoms with van der Waals surface area (Å²) in [5.74, 6) is 0.920. The molecule has 0 unspecified atom stereocenters. The first-order valence-electron chi connectivity index (χ1n) is 10.3. The smallest absolute Gasteiger partial charge is 0.321 e. The van der Waals surface area contributed by atoms with Crippen LogP contribution >= 0.6 is 11.8 Å². The molecule has 5 nitrogen and oxygen atoms in total. The number of halogens is 1. The minimum atomic E-state index is -0.325. The van der Waals surface area contributed by atoms with E-state index in [0.717, 1.165) is 29.7 Å². The Morgan fingerprint density at radius 2 is 1.75 bits per heavy atom. The van der Waals surface area contributed by atoms with Crippen LogP contribution in [0.2, 0.25) is 0 Å². The molecule has 0 heterocycles. The van der Waals surface area contributed by atoms with Gasteiger partial charge in [-0.15, -0.1) is 11.8 Å². The zero-order chi connectivity index (χ0) is 22.8. The van der Waals surface area contributed by atoms with Crippen molar-refractivity contribution >= 4 is 30.0 Å². The summed E-state index contributed by atoms with van der Waals surface area (Å²) in [5, 5.41) is 2.90. The first kappa shape index (κ1) is 23.3.